The molecule has 2 heterocycles. The molecule has 2 N–H and O–H groups in total. The Morgan fingerprint density at radius 3 is 2.88 bits per heavy atom. The van der Waals surface area contributed by atoms with Crippen molar-refractivity contribution >= 4 is 5.91 Å². The SMILES string of the molecule is CN1CC(CCCCN2CCc3cc(C(=O)NO)cc(F)c3C2)C1. The monoisotopic (exact) mass is 335 g/mol. The maximum Gasteiger partial charge on any atom is 0.274 e. The first-order valence-corrected chi connectivity index (χ1v) is 8.73. The number of carbonyl (C=O) groups is 1. The molecule has 1 aromatic carbocycles. The van der Waals surface area contributed by atoms with Gasteiger partial charge < -0.3 is 4.90 Å². The second-order valence-corrected chi connectivity index (χ2v) is 7.15. The van der Waals surface area contributed by atoms with Crippen LogP contribution in [0, 0.1) is 11.7 Å². The van der Waals surface area contributed by atoms with Crippen LogP contribution in [-0.4, -0.2) is 54.1 Å². The molecule has 2 aliphatic rings. The molecule has 24 heavy (non-hydrogen) atoms. The summed E-state index contributed by atoms with van der Waals surface area (Å²) in [5, 5.41) is 8.69. The maximum absolute atomic E-state index is 14.3. The number of halogens is 1. The standard InChI is InChI=1S/C18H26FN3O2/c1-21-10-13(11-21)4-2-3-6-22-7-5-14-8-15(18(23)20-24)9-17(19)16(14)12-22/h8-9,13,24H,2-7,10-12H2,1H3,(H,20,23). The average molecular weight is 335 g/mol. The van der Waals surface area contributed by atoms with E-state index in [2.05, 4.69) is 16.8 Å². The van der Waals surface area contributed by atoms with Crippen molar-refractivity contribution < 1.29 is 14.4 Å². The number of hydrogen-bond acceptors (Lipinski definition) is 4. The van der Waals surface area contributed by atoms with Crippen molar-refractivity contribution in [3.63, 3.8) is 0 Å². The van der Waals surface area contributed by atoms with Crippen molar-refractivity contribution in [2.24, 2.45) is 5.92 Å². The Hall–Kier alpha value is -1.50. The molecule has 3 rings (SSSR count). The minimum Gasteiger partial charge on any atom is -0.306 e. The van der Waals surface area contributed by atoms with Gasteiger partial charge in [0.1, 0.15) is 5.82 Å². The molecule has 1 fully saturated rings. The molecule has 0 bridgehead atoms. The summed E-state index contributed by atoms with van der Waals surface area (Å²) >= 11 is 0. The number of nitrogens with zero attached hydrogens (tertiary/aromatic N) is 2. The molecule has 0 saturated carbocycles. The summed E-state index contributed by atoms with van der Waals surface area (Å²) in [7, 11) is 2.16. The summed E-state index contributed by atoms with van der Waals surface area (Å²) in [6, 6.07) is 2.90. The zero-order valence-electron chi connectivity index (χ0n) is 14.2. The minimum atomic E-state index is -0.666. The summed E-state index contributed by atoms with van der Waals surface area (Å²) < 4.78 is 14.3. The molecule has 0 aliphatic carbocycles. The van der Waals surface area contributed by atoms with Crippen LogP contribution in [0.1, 0.15) is 40.7 Å². The minimum absolute atomic E-state index is 0.174. The number of unbranched alkanes of at least 4 members (excludes halogenated alkanes) is 1. The molecule has 1 saturated heterocycles. The van der Waals surface area contributed by atoms with Gasteiger partial charge in [-0.25, -0.2) is 9.87 Å². The fourth-order valence-electron chi connectivity index (χ4n) is 3.84. The van der Waals surface area contributed by atoms with Gasteiger partial charge in [0, 0.05) is 37.3 Å². The van der Waals surface area contributed by atoms with Crippen molar-refractivity contribution in [1.29, 1.82) is 0 Å². The van der Waals surface area contributed by atoms with Gasteiger partial charge in [-0.1, -0.05) is 6.42 Å². The summed E-state index contributed by atoms with van der Waals surface area (Å²) in [5.41, 5.74) is 3.30. The lowest BCUT2D eigenvalue weighted by Gasteiger charge is -2.36. The number of fused-ring (bicyclic) bond motifs is 1. The molecule has 1 amide bonds. The third kappa shape index (κ3) is 3.94. The third-order valence-electron chi connectivity index (χ3n) is 5.21. The normalized spacial score (nSPS) is 19.0. The van der Waals surface area contributed by atoms with Gasteiger partial charge in [0.05, 0.1) is 0 Å². The highest BCUT2D eigenvalue weighted by atomic mass is 19.1. The summed E-state index contributed by atoms with van der Waals surface area (Å²) in [4.78, 5) is 16.1. The predicted octanol–water partition coefficient (Wildman–Crippen LogP) is 2.03. The second-order valence-electron chi connectivity index (χ2n) is 7.15. The largest absolute Gasteiger partial charge is 0.306 e. The van der Waals surface area contributed by atoms with Gasteiger partial charge in [-0.2, -0.15) is 0 Å². The second kappa shape index (κ2) is 7.59. The fourth-order valence-corrected chi connectivity index (χ4v) is 3.84. The van der Waals surface area contributed by atoms with Crippen molar-refractivity contribution in [2.75, 3.05) is 33.2 Å². The molecule has 0 atom stereocenters. The topological polar surface area (TPSA) is 55.8 Å². The van der Waals surface area contributed by atoms with E-state index in [0.717, 1.165) is 37.4 Å². The van der Waals surface area contributed by atoms with Crippen LogP contribution in [0.15, 0.2) is 12.1 Å². The van der Waals surface area contributed by atoms with Crippen molar-refractivity contribution in [3.8, 4) is 0 Å². The number of rotatable bonds is 6. The third-order valence-corrected chi connectivity index (χ3v) is 5.21. The lowest BCUT2D eigenvalue weighted by atomic mass is 9.94. The number of hydrogen-bond donors (Lipinski definition) is 2. The van der Waals surface area contributed by atoms with Crippen LogP contribution in [0.3, 0.4) is 0 Å². The Morgan fingerprint density at radius 1 is 1.38 bits per heavy atom. The van der Waals surface area contributed by atoms with Gasteiger partial charge in [-0.05, 0) is 56.5 Å². The van der Waals surface area contributed by atoms with E-state index < -0.39 is 5.91 Å². The highest BCUT2D eigenvalue weighted by Gasteiger charge is 2.23. The maximum atomic E-state index is 14.3. The number of amides is 1. The van der Waals surface area contributed by atoms with E-state index in [-0.39, 0.29) is 11.4 Å². The number of carbonyl (C=O) groups excluding carboxylic acids is 1. The first kappa shape index (κ1) is 17.3. The Kier molecular flexibility index (Phi) is 5.48. The van der Waals surface area contributed by atoms with Gasteiger partial charge in [0.25, 0.3) is 5.91 Å². The molecule has 5 nitrogen and oxygen atoms in total. The molecule has 2 aliphatic heterocycles. The zero-order valence-corrected chi connectivity index (χ0v) is 14.2. The number of nitrogens with one attached hydrogen (secondary N) is 1. The van der Waals surface area contributed by atoms with Crippen molar-refractivity contribution in [1.82, 2.24) is 15.3 Å². The van der Waals surface area contributed by atoms with E-state index in [9.17, 15) is 9.18 Å². The van der Waals surface area contributed by atoms with E-state index in [0.29, 0.717) is 12.1 Å². The molecule has 0 aromatic heterocycles. The van der Waals surface area contributed by atoms with Gasteiger partial charge >= 0.3 is 0 Å². The fraction of sp³-hybridized carbons (Fsp3) is 0.611. The molecule has 0 spiro atoms. The average Bonchev–Trinajstić information content (AvgIpc) is 2.56. The van der Waals surface area contributed by atoms with Crippen LogP contribution in [-0.2, 0) is 13.0 Å². The first-order chi connectivity index (χ1) is 11.6. The summed E-state index contributed by atoms with van der Waals surface area (Å²) in [5.74, 6) is -0.153. The van der Waals surface area contributed by atoms with E-state index in [1.807, 2.05) is 0 Å². The molecule has 1 aromatic rings. The van der Waals surface area contributed by atoms with Crippen LogP contribution >= 0.6 is 0 Å². The van der Waals surface area contributed by atoms with E-state index in [1.165, 1.54) is 32.0 Å². The zero-order chi connectivity index (χ0) is 17.1. The number of likely N-dealkylation sites (tertiary alicyclic amines) is 1. The van der Waals surface area contributed by atoms with Crippen molar-refractivity contribution in [3.05, 3.63) is 34.6 Å². The van der Waals surface area contributed by atoms with Crippen LogP contribution in [0.25, 0.3) is 0 Å². The Morgan fingerprint density at radius 2 is 2.17 bits per heavy atom. The Bertz CT molecular complexity index is 602. The molecular formula is C18H26FN3O2. The van der Waals surface area contributed by atoms with E-state index in [1.54, 1.807) is 11.5 Å². The smallest absolute Gasteiger partial charge is 0.274 e. The van der Waals surface area contributed by atoms with Gasteiger partial charge in [0.15, 0.2) is 0 Å². The Labute approximate surface area is 142 Å². The number of hydroxylamine groups is 1. The van der Waals surface area contributed by atoms with Crippen molar-refractivity contribution in [2.45, 2.75) is 32.2 Å². The van der Waals surface area contributed by atoms with E-state index >= 15 is 0 Å². The molecule has 0 radical (unpaired) electrons. The summed E-state index contributed by atoms with van der Waals surface area (Å²) in [6.45, 7) is 4.95. The molecule has 132 valence electrons. The highest BCUT2D eigenvalue weighted by molar-refractivity contribution is 5.93. The molecule has 0 unspecified atom stereocenters. The van der Waals surface area contributed by atoms with Crippen LogP contribution in [0.4, 0.5) is 4.39 Å². The van der Waals surface area contributed by atoms with Crippen LogP contribution in [0.5, 0.6) is 0 Å². The Balaban J connectivity index is 1.50. The van der Waals surface area contributed by atoms with Gasteiger partial charge in [-0.3, -0.25) is 14.9 Å². The van der Waals surface area contributed by atoms with Crippen LogP contribution < -0.4 is 5.48 Å². The predicted molar refractivity (Wildman–Crippen MR) is 89.5 cm³/mol. The molecular weight excluding hydrogens is 309 g/mol. The first-order valence-electron chi connectivity index (χ1n) is 8.73. The number of benzene rings is 1. The quantitative estimate of drug-likeness (QED) is 0.474. The van der Waals surface area contributed by atoms with Crippen LogP contribution in [0.2, 0.25) is 0 Å². The lowest BCUT2D eigenvalue weighted by Crippen LogP contribution is -2.43. The molecule has 6 heteroatoms. The van der Waals surface area contributed by atoms with Gasteiger partial charge in [-0.15, -0.1) is 0 Å². The van der Waals surface area contributed by atoms with E-state index in [4.69, 9.17) is 5.21 Å². The van der Waals surface area contributed by atoms with Gasteiger partial charge in [0.2, 0.25) is 0 Å². The highest BCUT2D eigenvalue weighted by Crippen LogP contribution is 2.25. The summed E-state index contributed by atoms with van der Waals surface area (Å²) in [6.07, 6.45) is 4.43. The lowest BCUT2D eigenvalue weighted by molar-refractivity contribution is 0.0705.